The molecule has 2 aromatic rings. The number of nitrogens with two attached hydrogens (primary N) is 1. The second kappa shape index (κ2) is 6.33. The molecule has 0 spiro atoms. The van der Waals surface area contributed by atoms with Gasteiger partial charge in [-0.1, -0.05) is 12.1 Å². The fraction of sp³-hybridized carbons (Fsp3) is 0.188. The Morgan fingerprint density at radius 3 is 2.52 bits per heavy atom. The number of benzene rings is 2. The lowest BCUT2D eigenvalue weighted by Crippen LogP contribution is -2.07. The zero-order valence-electron chi connectivity index (χ0n) is 11.4. The lowest BCUT2D eigenvalue weighted by Gasteiger charge is -2.11. The van der Waals surface area contributed by atoms with E-state index in [0.29, 0.717) is 16.9 Å². The van der Waals surface area contributed by atoms with Crippen LogP contribution in [0.5, 0.6) is 5.75 Å². The van der Waals surface area contributed by atoms with Crippen LogP contribution >= 0.6 is 0 Å². The van der Waals surface area contributed by atoms with Gasteiger partial charge in [-0.3, -0.25) is 0 Å². The van der Waals surface area contributed by atoms with E-state index in [1.807, 2.05) is 6.07 Å². The van der Waals surface area contributed by atoms with Crippen molar-refractivity contribution in [3.05, 3.63) is 64.7 Å². The van der Waals surface area contributed by atoms with Crippen molar-refractivity contribution in [3.63, 3.8) is 0 Å². The Kier molecular flexibility index (Phi) is 4.51. The van der Waals surface area contributed by atoms with E-state index >= 15 is 0 Å². The van der Waals surface area contributed by atoms with E-state index < -0.39 is 17.7 Å². The van der Waals surface area contributed by atoms with Gasteiger partial charge in [0.2, 0.25) is 0 Å². The van der Waals surface area contributed by atoms with E-state index in [9.17, 15) is 8.78 Å². The molecule has 1 atom stereocenters. The number of hydrogen-bond donors (Lipinski definition) is 1. The smallest absolute Gasteiger partial charge is 0.131 e. The number of halogens is 2. The molecular formula is C16H14F2N2O. The zero-order valence-corrected chi connectivity index (χ0v) is 11.4. The van der Waals surface area contributed by atoms with Crippen LogP contribution in [0.25, 0.3) is 0 Å². The van der Waals surface area contributed by atoms with Crippen LogP contribution < -0.4 is 10.5 Å². The molecule has 0 aliphatic carbocycles. The van der Waals surface area contributed by atoms with Crippen LogP contribution in [0.1, 0.15) is 29.7 Å². The van der Waals surface area contributed by atoms with Gasteiger partial charge < -0.3 is 10.5 Å². The molecule has 5 heteroatoms. The highest BCUT2D eigenvalue weighted by Gasteiger charge is 2.09. The highest BCUT2D eigenvalue weighted by Crippen LogP contribution is 2.22. The van der Waals surface area contributed by atoms with E-state index in [2.05, 4.69) is 0 Å². The fourth-order valence-corrected chi connectivity index (χ4v) is 1.86. The third-order valence-corrected chi connectivity index (χ3v) is 3.04. The predicted octanol–water partition coefficient (Wildman–Crippen LogP) is 3.44. The average molecular weight is 288 g/mol. The van der Waals surface area contributed by atoms with Gasteiger partial charge in [-0.2, -0.15) is 5.26 Å². The Labute approximate surface area is 121 Å². The second-order valence-electron chi connectivity index (χ2n) is 4.68. The van der Waals surface area contributed by atoms with Gasteiger partial charge in [0.1, 0.15) is 24.0 Å². The Balaban J connectivity index is 2.10. The Morgan fingerprint density at radius 1 is 1.19 bits per heavy atom. The largest absolute Gasteiger partial charge is 0.489 e. The summed E-state index contributed by atoms with van der Waals surface area (Å²) in [5.41, 5.74) is 6.55. The molecule has 0 radical (unpaired) electrons. The van der Waals surface area contributed by atoms with E-state index in [1.165, 1.54) is 18.2 Å². The molecule has 2 aromatic carbocycles. The van der Waals surface area contributed by atoms with Crippen molar-refractivity contribution in [1.29, 1.82) is 5.26 Å². The van der Waals surface area contributed by atoms with Crippen LogP contribution in [-0.2, 0) is 6.61 Å². The van der Waals surface area contributed by atoms with Crippen molar-refractivity contribution in [1.82, 2.24) is 0 Å². The molecule has 0 unspecified atom stereocenters. The summed E-state index contributed by atoms with van der Waals surface area (Å²) in [6.45, 7) is 1.64. The molecule has 0 aliphatic rings. The maximum atomic E-state index is 13.7. The Bertz CT molecular complexity index is 693. The summed E-state index contributed by atoms with van der Waals surface area (Å²) < 4.78 is 32.8. The molecule has 0 saturated carbocycles. The first-order valence-electron chi connectivity index (χ1n) is 6.37. The normalized spacial score (nSPS) is 11.8. The van der Waals surface area contributed by atoms with Gasteiger partial charge in [-0.15, -0.1) is 0 Å². The van der Waals surface area contributed by atoms with Crippen LogP contribution in [0.4, 0.5) is 8.78 Å². The first kappa shape index (κ1) is 14.9. The molecule has 0 amide bonds. The summed E-state index contributed by atoms with van der Waals surface area (Å²) in [7, 11) is 0. The minimum atomic E-state index is -0.526. The van der Waals surface area contributed by atoms with E-state index in [0.717, 1.165) is 6.07 Å². The van der Waals surface area contributed by atoms with Crippen molar-refractivity contribution >= 4 is 0 Å². The van der Waals surface area contributed by atoms with Crippen molar-refractivity contribution in [3.8, 4) is 11.8 Å². The van der Waals surface area contributed by atoms with Crippen LogP contribution in [0, 0.1) is 23.0 Å². The first-order valence-corrected chi connectivity index (χ1v) is 6.37. The number of nitrogens with zero attached hydrogens (tertiary/aromatic N) is 1. The van der Waals surface area contributed by atoms with Crippen molar-refractivity contribution < 1.29 is 13.5 Å². The number of ether oxygens (including phenoxy) is 1. The summed E-state index contributed by atoms with van der Waals surface area (Å²) in [5, 5.41) is 8.66. The Morgan fingerprint density at radius 2 is 1.95 bits per heavy atom. The third-order valence-electron chi connectivity index (χ3n) is 3.04. The Hall–Kier alpha value is -2.45. The minimum absolute atomic E-state index is 0.0471. The highest BCUT2D eigenvalue weighted by molar-refractivity contribution is 5.34. The molecule has 0 aromatic heterocycles. The summed E-state index contributed by atoms with van der Waals surface area (Å²) >= 11 is 0. The standard InChI is InChI=1S/C16H14F2N2O/c1-10(20)14-5-4-13(7-16(14)18)21-9-12-3-2-11(8-19)6-15(12)17/h2-7,10H,9,20H2,1H3/t10-/m0/s1. The zero-order chi connectivity index (χ0) is 15.4. The second-order valence-corrected chi connectivity index (χ2v) is 4.68. The molecule has 2 N–H and O–H groups in total. The molecule has 2 rings (SSSR count). The van der Waals surface area contributed by atoms with E-state index in [4.69, 9.17) is 15.7 Å². The number of hydrogen-bond acceptors (Lipinski definition) is 3. The summed E-state index contributed by atoms with van der Waals surface area (Å²) in [6.07, 6.45) is 0. The number of nitriles is 1. The lowest BCUT2D eigenvalue weighted by atomic mass is 10.1. The lowest BCUT2D eigenvalue weighted by molar-refractivity contribution is 0.298. The molecule has 0 bridgehead atoms. The topological polar surface area (TPSA) is 59.0 Å². The van der Waals surface area contributed by atoms with Gasteiger partial charge in [0, 0.05) is 23.2 Å². The predicted molar refractivity (Wildman–Crippen MR) is 74.4 cm³/mol. The molecule has 0 heterocycles. The van der Waals surface area contributed by atoms with Crippen molar-refractivity contribution in [2.45, 2.75) is 19.6 Å². The van der Waals surface area contributed by atoms with Crippen molar-refractivity contribution in [2.75, 3.05) is 0 Å². The SMILES string of the molecule is C[C@H](N)c1ccc(OCc2ccc(C#N)cc2F)cc1F. The molecule has 0 aliphatic heterocycles. The van der Waals surface area contributed by atoms with Crippen molar-refractivity contribution in [2.24, 2.45) is 5.73 Å². The molecule has 0 saturated heterocycles. The molecule has 21 heavy (non-hydrogen) atoms. The minimum Gasteiger partial charge on any atom is -0.489 e. The first-order chi connectivity index (χ1) is 10.0. The van der Waals surface area contributed by atoms with Crippen LogP contribution in [0.15, 0.2) is 36.4 Å². The quantitative estimate of drug-likeness (QED) is 0.937. The highest BCUT2D eigenvalue weighted by atomic mass is 19.1. The maximum Gasteiger partial charge on any atom is 0.131 e. The summed E-state index contributed by atoms with van der Waals surface area (Å²) in [5.74, 6) is -0.690. The van der Waals surface area contributed by atoms with Crippen LogP contribution in [0.3, 0.4) is 0 Å². The van der Waals surface area contributed by atoms with Gasteiger partial charge in [0.25, 0.3) is 0 Å². The van der Waals surface area contributed by atoms with Gasteiger partial charge >= 0.3 is 0 Å². The van der Waals surface area contributed by atoms with E-state index in [-0.39, 0.29) is 12.2 Å². The summed E-state index contributed by atoms with van der Waals surface area (Å²) in [6, 6.07) is 9.91. The fourth-order valence-electron chi connectivity index (χ4n) is 1.86. The molecule has 0 fully saturated rings. The third kappa shape index (κ3) is 3.56. The van der Waals surface area contributed by atoms with Crippen LogP contribution in [-0.4, -0.2) is 0 Å². The molecule has 108 valence electrons. The maximum absolute atomic E-state index is 13.7. The van der Waals surface area contributed by atoms with Gasteiger partial charge in [-0.25, -0.2) is 8.78 Å². The van der Waals surface area contributed by atoms with Gasteiger partial charge in [0.05, 0.1) is 11.6 Å². The average Bonchev–Trinajstić information content (AvgIpc) is 2.45. The molecular weight excluding hydrogens is 274 g/mol. The van der Waals surface area contributed by atoms with Gasteiger partial charge in [-0.05, 0) is 25.1 Å². The van der Waals surface area contributed by atoms with Crippen LogP contribution in [0.2, 0.25) is 0 Å². The number of rotatable bonds is 4. The molecule has 3 nitrogen and oxygen atoms in total. The monoisotopic (exact) mass is 288 g/mol. The summed E-state index contributed by atoms with van der Waals surface area (Å²) in [4.78, 5) is 0. The van der Waals surface area contributed by atoms with Gasteiger partial charge in [0.15, 0.2) is 0 Å². The van der Waals surface area contributed by atoms with E-state index in [1.54, 1.807) is 19.1 Å².